The van der Waals surface area contributed by atoms with Crippen LogP contribution in [0, 0.1) is 5.41 Å². The lowest BCUT2D eigenvalue weighted by molar-refractivity contribution is -0.126. The molecule has 0 radical (unpaired) electrons. The second-order valence-corrected chi connectivity index (χ2v) is 4.60. The Hall–Kier alpha value is -0.570. The molecule has 1 spiro atoms. The highest BCUT2D eigenvalue weighted by Gasteiger charge is 2.51. The summed E-state index contributed by atoms with van der Waals surface area (Å²) < 4.78 is 0. The minimum Gasteiger partial charge on any atom is -0.354 e. The molecule has 0 atom stereocenters. The molecule has 1 saturated carbocycles. The lowest BCUT2D eigenvalue weighted by atomic mass is 10.1. The van der Waals surface area contributed by atoms with E-state index < -0.39 is 0 Å². The normalized spacial score (nSPS) is 27.5. The molecule has 1 saturated heterocycles. The van der Waals surface area contributed by atoms with Crippen molar-refractivity contribution in [3.63, 3.8) is 0 Å². The van der Waals surface area contributed by atoms with Gasteiger partial charge in [0.25, 0.3) is 0 Å². The average molecular weight is 182 g/mol. The standard InChI is InChI=1S/C10H18N2O/c1-8(2)12-6-5-11-9(13)10(7-12)3-4-10/h8H,3-7H2,1-2H3,(H,11,13). The van der Waals surface area contributed by atoms with Gasteiger partial charge in [0.1, 0.15) is 0 Å². The predicted octanol–water partition coefficient (Wildman–Crippen LogP) is 0.607. The molecule has 0 unspecified atom stereocenters. The van der Waals surface area contributed by atoms with Gasteiger partial charge in [-0.05, 0) is 26.7 Å². The van der Waals surface area contributed by atoms with E-state index in [-0.39, 0.29) is 11.3 Å². The molecule has 1 heterocycles. The first kappa shape index (κ1) is 9.00. The Kier molecular flexibility index (Phi) is 2.06. The van der Waals surface area contributed by atoms with Crippen molar-refractivity contribution in [3.05, 3.63) is 0 Å². The number of carbonyl (C=O) groups is 1. The van der Waals surface area contributed by atoms with E-state index in [1.54, 1.807) is 0 Å². The first-order valence-electron chi connectivity index (χ1n) is 5.16. The summed E-state index contributed by atoms with van der Waals surface area (Å²) in [5.74, 6) is 0.288. The Bertz CT molecular complexity index is 221. The smallest absolute Gasteiger partial charge is 0.227 e. The third-order valence-electron chi connectivity index (χ3n) is 3.26. The van der Waals surface area contributed by atoms with Crippen LogP contribution < -0.4 is 5.32 Å². The molecule has 0 bridgehead atoms. The maximum absolute atomic E-state index is 11.6. The Morgan fingerprint density at radius 2 is 2.15 bits per heavy atom. The van der Waals surface area contributed by atoms with Crippen molar-refractivity contribution in [2.24, 2.45) is 5.41 Å². The van der Waals surface area contributed by atoms with Gasteiger partial charge in [-0.1, -0.05) is 0 Å². The minimum absolute atomic E-state index is 0.000764. The number of rotatable bonds is 1. The summed E-state index contributed by atoms with van der Waals surface area (Å²) in [5, 5.41) is 3.00. The monoisotopic (exact) mass is 182 g/mol. The molecule has 1 N–H and O–H groups in total. The van der Waals surface area contributed by atoms with Crippen LogP contribution in [0.5, 0.6) is 0 Å². The van der Waals surface area contributed by atoms with Crippen molar-refractivity contribution in [2.45, 2.75) is 32.7 Å². The van der Waals surface area contributed by atoms with Crippen LogP contribution in [-0.2, 0) is 4.79 Å². The summed E-state index contributed by atoms with van der Waals surface area (Å²) in [5.41, 5.74) is 0.000764. The predicted molar refractivity (Wildman–Crippen MR) is 51.4 cm³/mol. The first-order valence-corrected chi connectivity index (χ1v) is 5.16. The fraction of sp³-hybridized carbons (Fsp3) is 0.900. The van der Waals surface area contributed by atoms with Crippen LogP contribution >= 0.6 is 0 Å². The molecule has 2 aliphatic rings. The van der Waals surface area contributed by atoms with Crippen molar-refractivity contribution in [3.8, 4) is 0 Å². The van der Waals surface area contributed by atoms with Crippen LogP contribution in [-0.4, -0.2) is 36.5 Å². The molecule has 0 aromatic rings. The van der Waals surface area contributed by atoms with Gasteiger partial charge in [0.2, 0.25) is 5.91 Å². The van der Waals surface area contributed by atoms with Gasteiger partial charge < -0.3 is 5.32 Å². The number of hydrogen-bond acceptors (Lipinski definition) is 2. The molecular weight excluding hydrogens is 164 g/mol. The molecule has 2 rings (SSSR count). The average Bonchev–Trinajstić information content (AvgIpc) is 2.84. The van der Waals surface area contributed by atoms with Gasteiger partial charge in [-0.2, -0.15) is 0 Å². The molecule has 13 heavy (non-hydrogen) atoms. The molecule has 3 nitrogen and oxygen atoms in total. The molecule has 1 amide bonds. The highest BCUT2D eigenvalue weighted by molar-refractivity contribution is 5.85. The summed E-state index contributed by atoms with van der Waals surface area (Å²) in [4.78, 5) is 14.0. The minimum atomic E-state index is 0.000764. The van der Waals surface area contributed by atoms with Gasteiger partial charge in [-0.25, -0.2) is 0 Å². The Morgan fingerprint density at radius 1 is 1.46 bits per heavy atom. The fourth-order valence-electron chi connectivity index (χ4n) is 2.02. The van der Waals surface area contributed by atoms with Gasteiger partial charge in [0, 0.05) is 25.7 Å². The zero-order valence-corrected chi connectivity index (χ0v) is 8.47. The fourth-order valence-corrected chi connectivity index (χ4v) is 2.02. The second kappa shape index (κ2) is 2.98. The van der Waals surface area contributed by atoms with E-state index in [9.17, 15) is 4.79 Å². The summed E-state index contributed by atoms with van der Waals surface area (Å²) in [6.45, 7) is 7.19. The van der Waals surface area contributed by atoms with E-state index >= 15 is 0 Å². The molecule has 1 aliphatic carbocycles. The Morgan fingerprint density at radius 3 is 2.69 bits per heavy atom. The summed E-state index contributed by atoms with van der Waals surface area (Å²) >= 11 is 0. The number of nitrogens with one attached hydrogen (secondary N) is 1. The maximum atomic E-state index is 11.6. The van der Waals surface area contributed by atoms with E-state index in [1.807, 2.05) is 0 Å². The lowest BCUT2D eigenvalue weighted by Crippen LogP contribution is -2.37. The van der Waals surface area contributed by atoms with Crippen molar-refractivity contribution in [2.75, 3.05) is 19.6 Å². The molecule has 2 fully saturated rings. The van der Waals surface area contributed by atoms with E-state index in [0.717, 1.165) is 32.5 Å². The van der Waals surface area contributed by atoms with Crippen LogP contribution in [0.2, 0.25) is 0 Å². The zero-order chi connectivity index (χ0) is 9.47. The van der Waals surface area contributed by atoms with Gasteiger partial charge in [-0.15, -0.1) is 0 Å². The van der Waals surface area contributed by atoms with Crippen LogP contribution in [0.3, 0.4) is 0 Å². The second-order valence-electron chi connectivity index (χ2n) is 4.60. The topological polar surface area (TPSA) is 32.3 Å². The number of amides is 1. The van der Waals surface area contributed by atoms with Gasteiger partial charge in [0.15, 0.2) is 0 Å². The van der Waals surface area contributed by atoms with Gasteiger partial charge >= 0.3 is 0 Å². The highest BCUT2D eigenvalue weighted by Crippen LogP contribution is 2.47. The largest absolute Gasteiger partial charge is 0.354 e. The summed E-state index contributed by atoms with van der Waals surface area (Å²) in [7, 11) is 0. The van der Waals surface area contributed by atoms with Crippen molar-refractivity contribution in [1.82, 2.24) is 10.2 Å². The molecule has 74 valence electrons. The van der Waals surface area contributed by atoms with Crippen LogP contribution in [0.1, 0.15) is 26.7 Å². The quantitative estimate of drug-likeness (QED) is 0.644. The van der Waals surface area contributed by atoms with E-state index in [2.05, 4.69) is 24.1 Å². The summed E-state index contributed by atoms with van der Waals surface area (Å²) in [6.07, 6.45) is 2.17. The van der Waals surface area contributed by atoms with E-state index in [4.69, 9.17) is 0 Å². The Balaban J connectivity index is 2.07. The van der Waals surface area contributed by atoms with Crippen LogP contribution in [0.15, 0.2) is 0 Å². The highest BCUT2D eigenvalue weighted by atomic mass is 16.2. The molecular formula is C10H18N2O. The SMILES string of the molecule is CC(C)N1CCNC(=O)C2(CC2)C1. The van der Waals surface area contributed by atoms with Gasteiger partial charge in [-0.3, -0.25) is 9.69 Å². The van der Waals surface area contributed by atoms with Crippen LogP contribution in [0.4, 0.5) is 0 Å². The maximum Gasteiger partial charge on any atom is 0.227 e. The number of nitrogens with zero attached hydrogens (tertiary/aromatic N) is 1. The van der Waals surface area contributed by atoms with E-state index in [1.165, 1.54) is 0 Å². The van der Waals surface area contributed by atoms with Crippen molar-refractivity contribution >= 4 is 5.91 Å². The molecule has 3 heteroatoms. The first-order chi connectivity index (χ1) is 6.14. The molecule has 0 aromatic carbocycles. The van der Waals surface area contributed by atoms with Crippen LogP contribution in [0.25, 0.3) is 0 Å². The van der Waals surface area contributed by atoms with Gasteiger partial charge in [0.05, 0.1) is 5.41 Å². The number of carbonyl (C=O) groups excluding carboxylic acids is 1. The third-order valence-corrected chi connectivity index (χ3v) is 3.26. The van der Waals surface area contributed by atoms with Crippen molar-refractivity contribution < 1.29 is 4.79 Å². The number of hydrogen-bond donors (Lipinski definition) is 1. The lowest BCUT2D eigenvalue weighted by Gasteiger charge is -2.26. The van der Waals surface area contributed by atoms with E-state index in [0.29, 0.717) is 6.04 Å². The van der Waals surface area contributed by atoms with Crippen molar-refractivity contribution in [1.29, 1.82) is 0 Å². The zero-order valence-electron chi connectivity index (χ0n) is 8.47. The Labute approximate surface area is 79.5 Å². The molecule has 1 aliphatic heterocycles. The summed E-state index contributed by atoms with van der Waals surface area (Å²) in [6, 6.07) is 0.560. The molecule has 0 aromatic heterocycles. The third kappa shape index (κ3) is 1.57.